The number of alkyl halides is 7. The fourth-order valence-corrected chi connectivity index (χ4v) is 4.34. The molecular formula is C28H26ClF8N3O2. The van der Waals surface area contributed by atoms with Gasteiger partial charge in [-0.3, -0.25) is 4.98 Å². The predicted molar refractivity (Wildman–Crippen MR) is 139 cm³/mol. The number of hydrogen-bond donors (Lipinski definition) is 2. The van der Waals surface area contributed by atoms with Crippen molar-refractivity contribution in [3.63, 3.8) is 0 Å². The van der Waals surface area contributed by atoms with Crippen LogP contribution in [0.15, 0.2) is 60.8 Å². The zero-order valence-corrected chi connectivity index (χ0v) is 23.1. The number of urea groups is 1. The van der Waals surface area contributed by atoms with Crippen LogP contribution in [-0.4, -0.2) is 35.8 Å². The topological polar surface area (TPSA) is 63.2 Å². The molecule has 14 heteroatoms. The van der Waals surface area contributed by atoms with Gasteiger partial charge < -0.3 is 15.4 Å². The molecule has 0 fully saturated rings. The molecule has 2 amide bonds. The van der Waals surface area contributed by atoms with Gasteiger partial charge in [-0.1, -0.05) is 55.3 Å². The summed E-state index contributed by atoms with van der Waals surface area (Å²) in [6, 6.07) is 7.57. The summed E-state index contributed by atoms with van der Waals surface area (Å²) < 4.78 is 113. The average Bonchev–Trinajstić information content (AvgIpc) is 2.87. The molecule has 42 heavy (non-hydrogen) atoms. The molecule has 0 aliphatic heterocycles. The Morgan fingerprint density at radius 2 is 1.64 bits per heavy atom. The van der Waals surface area contributed by atoms with Crippen molar-refractivity contribution >= 4 is 17.6 Å². The number of hydrogen-bond acceptors (Lipinski definition) is 3. The fraction of sp³-hybridized carbons (Fsp3) is 0.357. The van der Waals surface area contributed by atoms with Gasteiger partial charge in [-0.25, -0.2) is 9.18 Å². The number of aromatic nitrogens is 1. The van der Waals surface area contributed by atoms with Crippen LogP contribution < -0.4 is 15.4 Å². The minimum absolute atomic E-state index is 0.0899. The van der Waals surface area contributed by atoms with E-state index < -0.39 is 53.8 Å². The minimum Gasteiger partial charge on any atom is -0.428 e. The number of benzene rings is 2. The smallest absolute Gasteiger partial charge is 0.428 e. The lowest BCUT2D eigenvalue weighted by Gasteiger charge is -2.37. The van der Waals surface area contributed by atoms with Crippen LogP contribution in [0.2, 0.25) is 5.02 Å². The van der Waals surface area contributed by atoms with E-state index in [1.54, 1.807) is 31.2 Å². The van der Waals surface area contributed by atoms with Crippen LogP contribution in [0.5, 0.6) is 5.75 Å². The van der Waals surface area contributed by atoms with Crippen LogP contribution in [0.25, 0.3) is 0 Å². The first-order valence-electron chi connectivity index (χ1n) is 12.4. The molecule has 1 heterocycles. The highest BCUT2D eigenvalue weighted by atomic mass is 35.5. The highest BCUT2D eigenvalue weighted by Crippen LogP contribution is 2.37. The van der Waals surface area contributed by atoms with E-state index in [9.17, 15) is 39.9 Å². The van der Waals surface area contributed by atoms with E-state index in [-0.39, 0.29) is 22.7 Å². The van der Waals surface area contributed by atoms with E-state index >= 15 is 0 Å². The number of ether oxygens (including phenoxy) is 1. The second kappa shape index (κ2) is 12.7. The molecule has 3 aromatic rings. The van der Waals surface area contributed by atoms with Gasteiger partial charge in [-0.2, -0.15) is 30.7 Å². The number of aryl methyl sites for hydroxylation is 1. The number of halogens is 9. The molecule has 5 nitrogen and oxygen atoms in total. The first kappa shape index (κ1) is 32.9. The molecule has 228 valence electrons. The van der Waals surface area contributed by atoms with E-state index in [0.29, 0.717) is 11.6 Å². The van der Waals surface area contributed by atoms with Gasteiger partial charge in [0.2, 0.25) is 0 Å². The predicted octanol–water partition coefficient (Wildman–Crippen LogP) is 7.79. The van der Waals surface area contributed by atoms with Gasteiger partial charge in [-0.05, 0) is 48.2 Å². The van der Waals surface area contributed by atoms with Crippen molar-refractivity contribution < 1.29 is 44.7 Å². The lowest BCUT2D eigenvalue weighted by Crippen LogP contribution is -2.58. The number of carbonyl (C=O) groups excluding carboxylic acids is 1. The molecule has 0 radical (unpaired) electrons. The molecule has 0 aliphatic rings. The van der Waals surface area contributed by atoms with Crippen molar-refractivity contribution in [2.75, 3.05) is 0 Å². The van der Waals surface area contributed by atoms with Crippen LogP contribution in [0.3, 0.4) is 0 Å². The van der Waals surface area contributed by atoms with Crippen LogP contribution in [0, 0.1) is 18.7 Å². The summed E-state index contributed by atoms with van der Waals surface area (Å²) in [5.74, 6) is -3.36. The standard InChI is InChI=1S/C28H26ClF8N3O2/c1-15(2)23(27(33,34)35)39-25(41)40-26(22-9-8-19(29)14-38-22,13-17-6-4-16(3)5-7-17)18-10-20(30)12-21(11-18)42-28(36,37)24(31)32/h4-12,14-15,23-24H,13H2,1-3H3,(H2,39,40,41)/t23?,26-/m0/s1. The number of rotatable bonds is 10. The Labute approximate surface area is 241 Å². The van der Waals surface area contributed by atoms with Crippen molar-refractivity contribution in [1.82, 2.24) is 15.6 Å². The summed E-state index contributed by atoms with van der Waals surface area (Å²) >= 11 is 5.98. The maximum Gasteiger partial charge on any atom is 0.461 e. The molecular weight excluding hydrogens is 598 g/mol. The summed E-state index contributed by atoms with van der Waals surface area (Å²) in [6.07, 6.45) is -13.3. The summed E-state index contributed by atoms with van der Waals surface area (Å²) in [6.45, 7) is 4.25. The van der Waals surface area contributed by atoms with E-state index in [0.717, 1.165) is 23.9 Å². The fourth-order valence-electron chi connectivity index (χ4n) is 4.23. The number of carbonyl (C=O) groups is 1. The summed E-state index contributed by atoms with van der Waals surface area (Å²) in [5.41, 5.74) is -1.20. The van der Waals surface area contributed by atoms with Crippen LogP contribution >= 0.6 is 11.6 Å². The third kappa shape index (κ3) is 8.02. The molecule has 0 saturated carbocycles. The molecule has 2 N–H and O–H groups in total. The Balaban J connectivity index is 2.26. The number of pyridine rings is 1. The SMILES string of the molecule is Cc1ccc(C[C@](NC(=O)NC(C(C)C)C(F)(F)F)(c2cc(F)cc(OC(F)(F)C(F)F)c2)c2ccc(Cl)cn2)cc1. The Bertz CT molecular complexity index is 1370. The van der Waals surface area contributed by atoms with E-state index in [1.807, 2.05) is 5.32 Å². The number of amides is 2. The maximum absolute atomic E-state index is 14.9. The Kier molecular flexibility index (Phi) is 9.96. The summed E-state index contributed by atoms with van der Waals surface area (Å²) in [7, 11) is 0. The molecule has 0 saturated heterocycles. The van der Waals surface area contributed by atoms with Gasteiger partial charge in [0.1, 0.15) is 23.1 Å². The van der Waals surface area contributed by atoms with Gasteiger partial charge in [0.15, 0.2) is 0 Å². The zero-order chi connectivity index (χ0) is 31.5. The van der Waals surface area contributed by atoms with Crippen molar-refractivity contribution in [3.05, 3.63) is 94.0 Å². The van der Waals surface area contributed by atoms with Crippen molar-refractivity contribution in [3.8, 4) is 5.75 Å². The van der Waals surface area contributed by atoms with Crippen LogP contribution in [-0.2, 0) is 12.0 Å². The van der Waals surface area contributed by atoms with Gasteiger partial charge in [0, 0.05) is 18.7 Å². The summed E-state index contributed by atoms with van der Waals surface area (Å²) in [5, 5.41) is 4.43. The van der Waals surface area contributed by atoms with Crippen LogP contribution in [0.1, 0.15) is 36.2 Å². The van der Waals surface area contributed by atoms with Crippen molar-refractivity contribution in [2.24, 2.45) is 5.92 Å². The molecule has 0 spiro atoms. The highest BCUT2D eigenvalue weighted by Gasteiger charge is 2.46. The average molecular weight is 624 g/mol. The van der Waals surface area contributed by atoms with Gasteiger partial charge >= 0.3 is 24.7 Å². The Morgan fingerprint density at radius 3 is 2.17 bits per heavy atom. The normalized spacial score (nSPS) is 14.4. The zero-order valence-electron chi connectivity index (χ0n) is 22.4. The molecule has 2 atom stereocenters. The molecule has 0 bridgehead atoms. The summed E-state index contributed by atoms with van der Waals surface area (Å²) in [4.78, 5) is 17.4. The Hall–Kier alpha value is -3.61. The third-order valence-corrected chi connectivity index (χ3v) is 6.48. The second-order valence-electron chi connectivity index (χ2n) is 9.93. The lowest BCUT2D eigenvalue weighted by atomic mass is 9.80. The number of nitrogens with one attached hydrogen (secondary N) is 2. The van der Waals surface area contributed by atoms with Gasteiger partial charge in [0.05, 0.1) is 10.7 Å². The van der Waals surface area contributed by atoms with Crippen molar-refractivity contribution in [2.45, 2.75) is 57.5 Å². The van der Waals surface area contributed by atoms with E-state index in [2.05, 4.69) is 15.0 Å². The molecule has 1 aromatic heterocycles. The lowest BCUT2D eigenvalue weighted by molar-refractivity contribution is -0.253. The minimum atomic E-state index is -5.01. The quantitative estimate of drug-likeness (QED) is 0.227. The Morgan fingerprint density at radius 1 is 1.00 bits per heavy atom. The van der Waals surface area contributed by atoms with Gasteiger partial charge in [0.25, 0.3) is 0 Å². The van der Waals surface area contributed by atoms with E-state index in [4.69, 9.17) is 11.6 Å². The molecule has 3 rings (SSSR count). The van der Waals surface area contributed by atoms with E-state index in [1.165, 1.54) is 26.0 Å². The number of nitrogens with zero attached hydrogens (tertiary/aromatic N) is 1. The second-order valence-corrected chi connectivity index (χ2v) is 10.4. The van der Waals surface area contributed by atoms with Crippen molar-refractivity contribution in [1.29, 1.82) is 0 Å². The van der Waals surface area contributed by atoms with Gasteiger partial charge in [-0.15, -0.1) is 0 Å². The molecule has 0 aliphatic carbocycles. The molecule has 1 unspecified atom stereocenters. The highest BCUT2D eigenvalue weighted by molar-refractivity contribution is 6.30. The maximum atomic E-state index is 14.9. The first-order chi connectivity index (χ1) is 19.4. The largest absolute Gasteiger partial charge is 0.461 e. The monoisotopic (exact) mass is 623 g/mol. The molecule has 2 aromatic carbocycles. The first-order valence-corrected chi connectivity index (χ1v) is 12.8. The van der Waals surface area contributed by atoms with Crippen LogP contribution in [0.4, 0.5) is 39.9 Å². The third-order valence-electron chi connectivity index (χ3n) is 6.26.